The summed E-state index contributed by atoms with van der Waals surface area (Å²) in [7, 11) is -3.86. The van der Waals surface area contributed by atoms with Crippen molar-refractivity contribution in [1.29, 1.82) is 5.26 Å². The van der Waals surface area contributed by atoms with Crippen molar-refractivity contribution >= 4 is 59.1 Å². The van der Waals surface area contributed by atoms with Crippen molar-refractivity contribution in [2.24, 2.45) is 0 Å². The molecule has 1 aromatic carbocycles. The molecule has 0 radical (unpaired) electrons. The Kier molecular flexibility index (Phi) is 5.04. The summed E-state index contributed by atoms with van der Waals surface area (Å²) in [6, 6.07) is 10.3. The Bertz CT molecular complexity index is 861. The standard InChI is InChI=1S/C14H9Br2NO2S2/c1-9-2-4-11(20-9)7-12(8-17)21(18,19)14-6-10(15)3-5-13(14)16/h2-7H,1H3/b12-7+. The van der Waals surface area contributed by atoms with Crippen LogP contribution < -0.4 is 0 Å². The summed E-state index contributed by atoms with van der Waals surface area (Å²) in [6.45, 7) is 1.92. The molecule has 2 rings (SSSR count). The predicted octanol–water partition coefficient (Wildman–Crippen LogP) is 4.92. The van der Waals surface area contributed by atoms with Crippen molar-refractivity contribution < 1.29 is 8.42 Å². The number of sulfone groups is 1. The van der Waals surface area contributed by atoms with E-state index in [2.05, 4.69) is 31.9 Å². The lowest BCUT2D eigenvalue weighted by Crippen LogP contribution is -2.04. The van der Waals surface area contributed by atoms with Gasteiger partial charge < -0.3 is 0 Å². The molecule has 1 heterocycles. The highest BCUT2D eigenvalue weighted by molar-refractivity contribution is 9.11. The zero-order valence-corrected chi connectivity index (χ0v) is 15.6. The highest BCUT2D eigenvalue weighted by Gasteiger charge is 2.24. The third-order valence-corrected chi connectivity index (χ3v) is 6.72. The average Bonchev–Trinajstić information content (AvgIpc) is 2.84. The highest BCUT2D eigenvalue weighted by Crippen LogP contribution is 2.31. The van der Waals surface area contributed by atoms with Crippen LogP contribution in [0, 0.1) is 18.3 Å². The van der Waals surface area contributed by atoms with Gasteiger partial charge in [-0.1, -0.05) is 15.9 Å². The van der Waals surface area contributed by atoms with Gasteiger partial charge in [0.15, 0.2) is 4.91 Å². The van der Waals surface area contributed by atoms with Crippen LogP contribution in [-0.4, -0.2) is 8.42 Å². The number of nitrogens with zero attached hydrogens (tertiary/aromatic N) is 1. The number of hydrogen-bond donors (Lipinski definition) is 0. The molecule has 1 aromatic heterocycles. The molecule has 21 heavy (non-hydrogen) atoms. The second-order valence-electron chi connectivity index (χ2n) is 4.15. The maximum Gasteiger partial charge on any atom is 0.217 e. The highest BCUT2D eigenvalue weighted by atomic mass is 79.9. The van der Waals surface area contributed by atoms with Crippen molar-refractivity contribution in [2.75, 3.05) is 0 Å². The van der Waals surface area contributed by atoms with Crippen molar-refractivity contribution in [3.8, 4) is 6.07 Å². The molecule has 7 heteroatoms. The van der Waals surface area contributed by atoms with E-state index in [9.17, 15) is 13.7 Å². The first-order valence-corrected chi connectivity index (χ1v) is 9.61. The first-order chi connectivity index (χ1) is 9.84. The van der Waals surface area contributed by atoms with Gasteiger partial charge in [0.05, 0.1) is 4.90 Å². The second kappa shape index (κ2) is 6.44. The summed E-state index contributed by atoms with van der Waals surface area (Å²) >= 11 is 7.90. The maximum atomic E-state index is 12.6. The van der Waals surface area contributed by atoms with E-state index in [1.807, 2.05) is 13.0 Å². The van der Waals surface area contributed by atoms with E-state index in [1.54, 1.807) is 24.3 Å². The van der Waals surface area contributed by atoms with E-state index in [4.69, 9.17) is 0 Å². The van der Waals surface area contributed by atoms with Crippen molar-refractivity contribution in [3.05, 3.63) is 53.9 Å². The van der Waals surface area contributed by atoms with Gasteiger partial charge in [0.2, 0.25) is 9.84 Å². The van der Waals surface area contributed by atoms with E-state index < -0.39 is 9.84 Å². The lowest BCUT2D eigenvalue weighted by atomic mass is 10.4. The summed E-state index contributed by atoms with van der Waals surface area (Å²) in [5, 5.41) is 9.23. The van der Waals surface area contributed by atoms with Gasteiger partial charge in [-0.3, -0.25) is 0 Å². The molecule has 0 aliphatic rings. The zero-order chi connectivity index (χ0) is 15.6. The van der Waals surface area contributed by atoms with E-state index in [0.29, 0.717) is 8.95 Å². The van der Waals surface area contributed by atoms with Gasteiger partial charge >= 0.3 is 0 Å². The molecule has 0 bridgehead atoms. The lowest BCUT2D eigenvalue weighted by molar-refractivity contribution is 0.603. The number of thiophene rings is 1. The Morgan fingerprint density at radius 3 is 2.57 bits per heavy atom. The van der Waals surface area contributed by atoms with Gasteiger partial charge in [0.1, 0.15) is 6.07 Å². The number of halogens is 2. The molecule has 0 aliphatic carbocycles. The molecule has 0 atom stereocenters. The summed E-state index contributed by atoms with van der Waals surface area (Å²) in [5.74, 6) is 0. The minimum absolute atomic E-state index is 0.0675. The molecule has 0 amide bonds. The topological polar surface area (TPSA) is 57.9 Å². The summed E-state index contributed by atoms with van der Waals surface area (Å²) in [6.07, 6.45) is 1.40. The van der Waals surface area contributed by atoms with Crippen LogP contribution in [0.5, 0.6) is 0 Å². The van der Waals surface area contributed by atoms with Crippen molar-refractivity contribution in [3.63, 3.8) is 0 Å². The van der Waals surface area contributed by atoms with Gasteiger partial charge in [-0.2, -0.15) is 5.26 Å². The Balaban J connectivity index is 2.58. The van der Waals surface area contributed by atoms with Crippen LogP contribution in [0.4, 0.5) is 0 Å². The predicted molar refractivity (Wildman–Crippen MR) is 91.7 cm³/mol. The molecule has 0 saturated heterocycles. The molecular weight excluding hydrogens is 438 g/mol. The molecule has 0 N–H and O–H groups in total. The third-order valence-electron chi connectivity index (χ3n) is 2.62. The van der Waals surface area contributed by atoms with E-state index in [0.717, 1.165) is 9.75 Å². The van der Waals surface area contributed by atoms with Gasteiger partial charge in [-0.05, 0) is 59.3 Å². The van der Waals surface area contributed by atoms with E-state index >= 15 is 0 Å². The molecule has 0 spiro atoms. The van der Waals surface area contributed by atoms with Crippen molar-refractivity contribution in [1.82, 2.24) is 0 Å². The minimum Gasteiger partial charge on any atom is -0.218 e. The minimum atomic E-state index is -3.86. The maximum absolute atomic E-state index is 12.6. The molecular formula is C14H9Br2NO2S2. The first-order valence-electron chi connectivity index (χ1n) is 5.73. The molecule has 0 unspecified atom stereocenters. The SMILES string of the molecule is Cc1ccc(/C=C(\C#N)S(=O)(=O)c2cc(Br)ccc2Br)s1. The largest absolute Gasteiger partial charge is 0.218 e. The summed E-state index contributed by atoms with van der Waals surface area (Å²) < 4.78 is 26.3. The lowest BCUT2D eigenvalue weighted by Gasteiger charge is -2.06. The molecule has 3 nitrogen and oxygen atoms in total. The van der Waals surface area contributed by atoms with Crippen LogP contribution in [-0.2, 0) is 9.84 Å². The van der Waals surface area contributed by atoms with Gasteiger partial charge in [0.25, 0.3) is 0 Å². The smallest absolute Gasteiger partial charge is 0.217 e. The number of nitriles is 1. The fourth-order valence-electron chi connectivity index (χ4n) is 1.63. The zero-order valence-electron chi connectivity index (χ0n) is 10.8. The van der Waals surface area contributed by atoms with Gasteiger partial charge in [0, 0.05) is 18.7 Å². The molecule has 0 aliphatic heterocycles. The number of benzene rings is 1. The first kappa shape index (κ1) is 16.4. The molecule has 108 valence electrons. The van der Waals surface area contributed by atoms with Crippen LogP contribution in [0.2, 0.25) is 0 Å². The average molecular weight is 447 g/mol. The normalized spacial score (nSPS) is 12.2. The Hall–Kier alpha value is -0.940. The number of rotatable bonds is 3. The summed E-state index contributed by atoms with van der Waals surface area (Å²) in [4.78, 5) is 1.58. The van der Waals surface area contributed by atoms with Gasteiger partial charge in [-0.15, -0.1) is 11.3 Å². The Morgan fingerprint density at radius 1 is 1.29 bits per heavy atom. The van der Waals surface area contributed by atoms with E-state index in [-0.39, 0.29) is 9.80 Å². The monoisotopic (exact) mass is 445 g/mol. The van der Waals surface area contributed by atoms with E-state index in [1.165, 1.54) is 23.5 Å². The van der Waals surface area contributed by atoms with Crippen LogP contribution in [0.3, 0.4) is 0 Å². The van der Waals surface area contributed by atoms with Crippen LogP contribution in [0.1, 0.15) is 9.75 Å². The van der Waals surface area contributed by atoms with Crippen LogP contribution in [0.15, 0.2) is 49.1 Å². The molecule has 2 aromatic rings. The summed E-state index contributed by atoms with van der Waals surface area (Å²) in [5.41, 5.74) is 0. The van der Waals surface area contributed by atoms with Crippen molar-refractivity contribution in [2.45, 2.75) is 11.8 Å². The Morgan fingerprint density at radius 2 is 2.00 bits per heavy atom. The number of allylic oxidation sites excluding steroid dienone is 1. The fraction of sp³-hybridized carbons (Fsp3) is 0.0714. The number of hydrogen-bond acceptors (Lipinski definition) is 4. The van der Waals surface area contributed by atoms with Crippen LogP contribution in [0.25, 0.3) is 6.08 Å². The fourth-order valence-corrected chi connectivity index (χ4v) is 5.17. The quantitative estimate of drug-likeness (QED) is 0.628. The number of aryl methyl sites for hydroxylation is 1. The Labute approximate surface area is 144 Å². The third kappa shape index (κ3) is 3.64. The second-order valence-corrected chi connectivity index (χ2v) is 9.12. The van der Waals surface area contributed by atoms with Crippen LogP contribution >= 0.6 is 43.2 Å². The molecule has 0 saturated carbocycles. The molecule has 0 fully saturated rings. The van der Waals surface area contributed by atoms with Gasteiger partial charge in [-0.25, -0.2) is 8.42 Å².